The highest BCUT2D eigenvalue weighted by atomic mass is 32.2. The molecule has 0 bridgehead atoms. The van der Waals surface area contributed by atoms with Crippen molar-refractivity contribution in [1.29, 1.82) is 0 Å². The molecule has 4 N–H and O–H groups in total. The van der Waals surface area contributed by atoms with Gasteiger partial charge in [-0.05, 0) is 13.8 Å². The van der Waals surface area contributed by atoms with Crippen LogP contribution in [0.25, 0.3) is 0 Å². The van der Waals surface area contributed by atoms with E-state index >= 15 is 0 Å². The third-order valence-electron chi connectivity index (χ3n) is 1.77. The lowest BCUT2D eigenvalue weighted by Crippen LogP contribution is -2.24. The zero-order valence-corrected chi connectivity index (χ0v) is 9.95. The zero-order valence-electron chi connectivity index (χ0n) is 8.31. The number of nitrogens with zero attached hydrogens (tertiary/aromatic N) is 1. The van der Waals surface area contributed by atoms with E-state index in [1.165, 1.54) is 6.20 Å². The molecule has 0 aromatic carbocycles. The Kier molecular flexibility index (Phi) is 3.30. The van der Waals surface area contributed by atoms with Gasteiger partial charge in [0, 0.05) is 0 Å². The van der Waals surface area contributed by atoms with E-state index in [4.69, 9.17) is 18.0 Å². The third-order valence-corrected chi connectivity index (χ3v) is 3.72. The summed E-state index contributed by atoms with van der Waals surface area (Å²) >= 11 is 4.74. The van der Waals surface area contributed by atoms with Crippen LogP contribution in [0.4, 0.5) is 5.82 Å². The molecule has 0 amide bonds. The summed E-state index contributed by atoms with van der Waals surface area (Å²) in [4.78, 5) is 0.0882. The van der Waals surface area contributed by atoms with Crippen molar-refractivity contribution in [2.75, 3.05) is 4.72 Å². The summed E-state index contributed by atoms with van der Waals surface area (Å²) in [5.41, 5.74) is 5.77. The molecule has 0 fully saturated rings. The zero-order chi connectivity index (χ0) is 11.6. The van der Waals surface area contributed by atoms with E-state index in [0.29, 0.717) is 5.56 Å². The molecular weight excluding hydrogens is 236 g/mol. The molecule has 84 valence electrons. The van der Waals surface area contributed by atoms with Crippen LogP contribution >= 0.6 is 12.2 Å². The Morgan fingerprint density at radius 3 is 2.73 bits per heavy atom. The summed E-state index contributed by atoms with van der Waals surface area (Å²) in [5.74, 6) is 0.205. The first-order valence-electron chi connectivity index (χ1n) is 4.19. The van der Waals surface area contributed by atoms with Crippen molar-refractivity contribution in [1.82, 2.24) is 10.2 Å². The number of nitrogens with two attached hydrogens (primary N) is 1. The Hall–Kier alpha value is -1.15. The van der Waals surface area contributed by atoms with Crippen LogP contribution in [0.3, 0.4) is 0 Å². The summed E-state index contributed by atoms with van der Waals surface area (Å²) in [7, 11) is -3.41. The second kappa shape index (κ2) is 4.15. The number of hydrogen-bond acceptors (Lipinski definition) is 4. The molecule has 0 saturated heterocycles. The van der Waals surface area contributed by atoms with Gasteiger partial charge in [0.25, 0.3) is 0 Å². The molecule has 0 saturated carbocycles. The quantitative estimate of drug-likeness (QED) is 0.660. The fraction of sp³-hybridized carbons (Fsp3) is 0.429. The average molecular weight is 248 g/mol. The van der Waals surface area contributed by atoms with Crippen LogP contribution in [-0.2, 0) is 10.0 Å². The van der Waals surface area contributed by atoms with Crippen molar-refractivity contribution >= 4 is 33.0 Å². The van der Waals surface area contributed by atoms with Gasteiger partial charge in [0.1, 0.15) is 10.8 Å². The summed E-state index contributed by atoms with van der Waals surface area (Å²) < 4.78 is 25.4. The van der Waals surface area contributed by atoms with Crippen molar-refractivity contribution < 1.29 is 8.42 Å². The van der Waals surface area contributed by atoms with Crippen molar-refractivity contribution in [2.24, 2.45) is 5.73 Å². The van der Waals surface area contributed by atoms with Crippen LogP contribution in [0.5, 0.6) is 0 Å². The molecule has 0 aliphatic carbocycles. The Labute approximate surface area is 93.3 Å². The average Bonchev–Trinajstić information content (AvgIpc) is 2.51. The minimum atomic E-state index is -3.41. The third kappa shape index (κ3) is 2.66. The van der Waals surface area contributed by atoms with Crippen LogP contribution in [-0.4, -0.2) is 28.9 Å². The molecule has 6 nitrogen and oxygen atoms in total. The van der Waals surface area contributed by atoms with Crippen molar-refractivity contribution in [3.63, 3.8) is 0 Å². The molecule has 0 radical (unpaired) electrons. The first kappa shape index (κ1) is 11.9. The molecule has 0 aliphatic rings. The van der Waals surface area contributed by atoms with E-state index in [1.54, 1.807) is 13.8 Å². The number of H-pyrrole nitrogens is 1. The predicted molar refractivity (Wildman–Crippen MR) is 62.2 cm³/mol. The molecule has 1 aromatic rings. The van der Waals surface area contributed by atoms with Gasteiger partial charge >= 0.3 is 0 Å². The molecule has 0 atom stereocenters. The summed E-state index contributed by atoms with van der Waals surface area (Å²) in [6, 6.07) is 0. The van der Waals surface area contributed by atoms with E-state index in [9.17, 15) is 8.42 Å². The number of anilines is 1. The Morgan fingerprint density at radius 2 is 2.27 bits per heavy atom. The molecule has 1 rings (SSSR count). The van der Waals surface area contributed by atoms with E-state index < -0.39 is 15.3 Å². The Bertz CT molecular complexity index is 463. The number of aromatic amines is 1. The minimum absolute atomic E-state index is 0.0882. The maximum absolute atomic E-state index is 11.5. The van der Waals surface area contributed by atoms with Crippen LogP contribution in [0.2, 0.25) is 0 Å². The highest BCUT2D eigenvalue weighted by Gasteiger charge is 2.19. The SMILES string of the molecule is CC(C)S(=O)(=O)Nc1[nH]ncc1C(N)=S. The maximum Gasteiger partial charge on any atom is 0.236 e. The molecular formula is C7H12N4O2S2. The summed E-state index contributed by atoms with van der Waals surface area (Å²) in [6.45, 7) is 3.14. The fourth-order valence-corrected chi connectivity index (χ4v) is 1.64. The van der Waals surface area contributed by atoms with Crippen molar-refractivity contribution in [2.45, 2.75) is 19.1 Å². The molecule has 0 spiro atoms. The van der Waals surface area contributed by atoms with Crippen molar-refractivity contribution in [3.05, 3.63) is 11.8 Å². The maximum atomic E-state index is 11.5. The monoisotopic (exact) mass is 248 g/mol. The number of hydrogen-bond donors (Lipinski definition) is 3. The van der Waals surface area contributed by atoms with E-state index in [2.05, 4.69) is 14.9 Å². The second-order valence-electron chi connectivity index (χ2n) is 3.22. The van der Waals surface area contributed by atoms with Crippen LogP contribution < -0.4 is 10.5 Å². The topological polar surface area (TPSA) is 101 Å². The lowest BCUT2D eigenvalue weighted by atomic mass is 10.3. The van der Waals surface area contributed by atoms with Gasteiger partial charge in [0.05, 0.1) is 17.0 Å². The lowest BCUT2D eigenvalue weighted by molar-refractivity contribution is 0.592. The number of thiocarbonyl (C=S) groups is 1. The smallest absolute Gasteiger partial charge is 0.236 e. The van der Waals surface area contributed by atoms with E-state index in [1.807, 2.05) is 0 Å². The highest BCUT2D eigenvalue weighted by molar-refractivity contribution is 7.93. The van der Waals surface area contributed by atoms with Gasteiger partial charge in [-0.2, -0.15) is 5.10 Å². The van der Waals surface area contributed by atoms with Gasteiger partial charge < -0.3 is 5.73 Å². The van der Waals surface area contributed by atoms with Gasteiger partial charge in [-0.3, -0.25) is 9.82 Å². The van der Waals surface area contributed by atoms with Gasteiger partial charge in [0.2, 0.25) is 10.0 Å². The summed E-state index contributed by atoms with van der Waals surface area (Å²) in [6.07, 6.45) is 1.38. The minimum Gasteiger partial charge on any atom is -0.389 e. The standard InChI is InChI=1S/C7H12N4O2S2/c1-4(2)15(12,13)11-7-5(6(8)14)3-9-10-7/h3-4H,1-2H3,(H2,8,14)(H2,9,10,11). The summed E-state index contributed by atoms with van der Waals surface area (Å²) in [5, 5.41) is 5.62. The van der Waals surface area contributed by atoms with Gasteiger partial charge in [-0.25, -0.2) is 8.42 Å². The molecule has 15 heavy (non-hydrogen) atoms. The van der Waals surface area contributed by atoms with Crippen molar-refractivity contribution in [3.8, 4) is 0 Å². The van der Waals surface area contributed by atoms with Crippen LogP contribution in [0, 0.1) is 0 Å². The van der Waals surface area contributed by atoms with Gasteiger partial charge in [-0.15, -0.1) is 0 Å². The molecule has 8 heteroatoms. The first-order chi connectivity index (χ1) is 6.84. The van der Waals surface area contributed by atoms with Gasteiger partial charge in [0.15, 0.2) is 0 Å². The first-order valence-corrected chi connectivity index (χ1v) is 6.15. The van der Waals surface area contributed by atoms with Crippen LogP contribution in [0.1, 0.15) is 19.4 Å². The number of sulfonamides is 1. The lowest BCUT2D eigenvalue weighted by Gasteiger charge is -2.09. The molecule has 0 aliphatic heterocycles. The molecule has 1 aromatic heterocycles. The number of aromatic nitrogens is 2. The van der Waals surface area contributed by atoms with Gasteiger partial charge in [-0.1, -0.05) is 12.2 Å². The second-order valence-corrected chi connectivity index (χ2v) is 5.90. The predicted octanol–water partition coefficient (Wildman–Crippen LogP) is 0.194. The molecule has 0 unspecified atom stereocenters. The largest absolute Gasteiger partial charge is 0.389 e. The number of nitrogens with one attached hydrogen (secondary N) is 2. The normalized spacial score (nSPS) is 11.7. The Balaban J connectivity index is 3.01. The fourth-order valence-electron chi connectivity index (χ4n) is 0.811. The van der Waals surface area contributed by atoms with E-state index in [-0.39, 0.29) is 10.8 Å². The molecule has 1 heterocycles. The van der Waals surface area contributed by atoms with E-state index in [0.717, 1.165) is 0 Å². The van der Waals surface area contributed by atoms with Crippen LogP contribution in [0.15, 0.2) is 6.20 Å². The highest BCUT2D eigenvalue weighted by Crippen LogP contribution is 2.14. The Morgan fingerprint density at radius 1 is 1.67 bits per heavy atom. The number of rotatable bonds is 4.